The lowest BCUT2D eigenvalue weighted by Gasteiger charge is -2.23. The van der Waals surface area contributed by atoms with Crippen LogP contribution in [0.5, 0.6) is 0 Å². The largest absolute Gasteiger partial charge is 0.324 e. The van der Waals surface area contributed by atoms with Gasteiger partial charge in [-0.2, -0.15) is 10.5 Å². The van der Waals surface area contributed by atoms with Crippen LogP contribution in [0.3, 0.4) is 0 Å². The number of hydrogen-bond acceptors (Lipinski definition) is 3. The van der Waals surface area contributed by atoms with Crippen LogP contribution in [0.15, 0.2) is 22.7 Å². The van der Waals surface area contributed by atoms with Gasteiger partial charge in [0.2, 0.25) is 5.91 Å². The Morgan fingerprint density at radius 2 is 1.86 bits per heavy atom. The van der Waals surface area contributed by atoms with Crippen LogP contribution >= 0.6 is 15.9 Å². The van der Waals surface area contributed by atoms with E-state index in [-0.39, 0.29) is 5.91 Å². The average molecular weight is 346 g/mol. The topological polar surface area (TPSA) is 76.7 Å². The second-order valence-electron chi connectivity index (χ2n) is 5.36. The average Bonchev–Trinajstić information content (AvgIpc) is 2.75. The second kappa shape index (κ2) is 6.74. The maximum Gasteiger partial charge on any atom is 0.244 e. The van der Waals surface area contributed by atoms with Gasteiger partial charge in [-0.3, -0.25) is 4.79 Å². The number of amides is 1. The fourth-order valence-corrected chi connectivity index (χ4v) is 3.04. The van der Waals surface area contributed by atoms with Gasteiger partial charge in [0.25, 0.3) is 0 Å². The predicted molar refractivity (Wildman–Crippen MR) is 83.2 cm³/mol. The van der Waals surface area contributed by atoms with E-state index in [1.807, 2.05) is 0 Å². The highest BCUT2D eigenvalue weighted by Gasteiger charge is 2.39. The van der Waals surface area contributed by atoms with Crippen LogP contribution in [0.2, 0.25) is 0 Å². The van der Waals surface area contributed by atoms with E-state index in [0.717, 1.165) is 30.2 Å². The third kappa shape index (κ3) is 3.43. The van der Waals surface area contributed by atoms with Crippen LogP contribution in [-0.2, 0) is 4.79 Å². The van der Waals surface area contributed by atoms with Crippen molar-refractivity contribution in [2.75, 3.05) is 5.32 Å². The summed E-state index contributed by atoms with van der Waals surface area (Å²) >= 11 is 3.30. The molecule has 1 aromatic rings. The van der Waals surface area contributed by atoms with Crippen LogP contribution in [-0.4, -0.2) is 5.91 Å². The van der Waals surface area contributed by atoms with Crippen molar-refractivity contribution < 1.29 is 4.79 Å². The number of carbonyl (C=O) groups excluding carboxylic acids is 1. The van der Waals surface area contributed by atoms with Gasteiger partial charge in [-0.1, -0.05) is 41.6 Å². The molecule has 1 N–H and O–H groups in total. The van der Waals surface area contributed by atoms with E-state index in [1.54, 1.807) is 18.2 Å². The van der Waals surface area contributed by atoms with E-state index in [0.29, 0.717) is 24.1 Å². The lowest BCUT2D eigenvalue weighted by molar-refractivity contribution is -0.123. The smallest absolute Gasteiger partial charge is 0.244 e. The Morgan fingerprint density at radius 1 is 1.19 bits per heavy atom. The molecule has 1 saturated carbocycles. The molecule has 4 nitrogen and oxygen atoms in total. The molecule has 0 atom stereocenters. The molecule has 1 fully saturated rings. The van der Waals surface area contributed by atoms with Crippen molar-refractivity contribution in [2.24, 2.45) is 5.41 Å². The molecule has 0 radical (unpaired) electrons. The van der Waals surface area contributed by atoms with E-state index in [1.165, 1.54) is 0 Å². The normalized spacial score (nSPS) is 17.1. The molecular weight excluding hydrogens is 330 g/mol. The highest BCUT2D eigenvalue weighted by Crippen LogP contribution is 2.36. The molecule has 0 saturated heterocycles. The zero-order chi connectivity index (χ0) is 15.3. The molecule has 0 aromatic heterocycles. The Bertz CT molecular complexity index is 619. The summed E-state index contributed by atoms with van der Waals surface area (Å²) in [5.74, 6) is -0.286. The fourth-order valence-electron chi connectivity index (χ4n) is 2.68. The van der Waals surface area contributed by atoms with Crippen molar-refractivity contribution in [3.63, 3.8) is 0 Å². The van der Waals surface area contributed by atoms with E-state index in [2.05, 4.69) is 33.4 Å². The first-order chi connectivity index (χ1) is 10.1. The number of carbonyl (C=O) groups is 1. The molecule has 0 spiro atoms. The van der Waals surface area contributed by atoms with E-state index >= 15 is 0 Å². The van der Waals surface area contributed by atoms with E-state index in [4.69, 9.17) is 5.26 Å². The lowest BCUT2D eigenvalue weighted by atomic mass is 9.81. The molecule has 0 unspecified atom stereocenters. The molecule has 21 heavy (non-hydrogen) atoms. The van der Waals surface area contributed by atoms with Crippen LogP contribution in [0.1, 0.15) is 44.1 Å². The second-order valence-corrected chi connectivity index (χ2v) is 6.28. The minimum atomic E-state index is -0.962. The van der Waals surface area contributed by atoms with Crippen molar-refractivity contribution in [2.45, 2.75) is 38.5 Å². The number of hydrogen-bond donors (Lipinski definition) is 1. The molecule has 108 valence electrons. The SMILES string of the molecule is N#Cc1cc(Br)ccc1NC(=O)C1(C#N)CCCCCC1. The minimum Gasteiger partial charge on any atom is -0.324 e. The van der Waals surface area contributed by atoms with Gasteiger partial charge in [-0.15, -0.1) is 0 Å². The number of anilines is 1. The summed E-state index contributed by atoms with van der Waals surface area (Å²) in [5.41, 5.74) is -0.111. The summed E-state index contributed by atoms with van der Waals surface area (Å²) in [5, 5.41) is 21.4. The number of nitrogens with one attached hydrogen (secondary N) is 1. The van der Waals surface area contributed by atoms with Crippen molar-refractivity contribution in [1.29, 1.82) is 10.5 Å². The Balaban J connectivity index is 2.24. The molecule has 0 heterocycles. The zero-order valence-corrected chi connectivity index (χ0v) is 13.2. The van der Waals surface area contributed by atoms with Crippen molar-refractivity contribution in [3.8, 4) is 12.1 Å². The Labute approximate surface area is 132 Å². The maximum atomic E-state index is 12.6. The van der Waals surface area contributed by atoms with Crippen LogP contribution in [0.4, 0.5) is 5.69 Å². The molecule has 1 aliphatic rings. The molecule has 0 bridgehead atoms. The monoisotopic (exact) mass is 345 g/mol. The highest BCUT2D eigenvalue weighted by atomic mass is 79.9. The molecule has 1 amide bonds. The summed E-state index contributed by atoms with van der Waals surface area (Å²) in [6.07, 6.45) is 5.11. The minimum absolute atomic E-state index is 0.286. The van der Waals surface area contributed by atoms with Gasteiger partial charge in [-0.05, 0) is 31.0 Å². The van der Waals surface area contributed by atoms with E-state index in [9.17, 15) is 10.1 Å². The van der Waals surface area contributed by atoms with Crippen LogP contribution in [0, 0.1) is 28.1 Å². The molecule has 2 rings (SSSR count). The molecule has 5 heteroatoms. The third-order valence-corrected chi connectivity index (χ3v) is 4.45. The zero-order valence-electron chi connectivity index (χ0n) is 11.7. The lowest BCUT2D eigenvalue weighted by Crippen LogP contribution is -2.34. The fraction of sp³-hybridized carbons (Fsp3) is 0.438. The predicted octanol–water partition coefficient (Wildman–Crippen LogP) is 4.12. The molecule has 0 aliphatic heterocycles. The molecular formula is C16H16BrN3O. The number of nitrogens with zero attached hydrogens (tertiary/aromatic N) is 2. The highest BCUT2D eigenvalue weighted by molar-refractivity contribution is 9.10. The third-order valence-electron chi connectivity index (χ3n) is 3.96. The quantitative estimate of drug-likeness (QED) is 0.818. The maximum absolute atomic E-state index is 12.6. The first-order valence-corrected chi connectivity index (χ1v) is 7.83. The molecule has 1 aliphatic carbocycles. The van der Waals surface area contributed by atoms with Gasteiger partial charge in [0.1, 0.15) is 11.5 Å². The van der Waals surface area contributed by atoms with Crippen molar-refractivity contribution in [1.82, 2.24) is 0 Å². The summed E-state index contributed by atoms with van der Waals surface area (Å²) in [6.45, 7) is 0. The number of halogens is 1. The van der Waals surface area contributed by atoms with Crippen molar-refractivity contribution >= 4 is 27.5 Å². The van der Waals surface area contributed by atoms with Crippen molar-refractivity contribution in [3.05, 3.63) is 28.2 Å². The Hall–Kier alpha value is -1.85. The van der Waals surface area contributed by atoms with Gasteiger partial charge in [0.15, 0.2) is 0 Å². The van der Waals surface area contributed by atoms with E-state index < -0.39 is 5.41 Å². The Morgan fingerprint density at radius 3 is 2.43 bits per heavy atom. The first-order valence-electron chi connectivity index (χ1n) is 7.04. The van der Waals surface area contributed by atoms with Gasteiger partial charge < -0.3 is 5.32 Å². The van der Waals surface area contributed by atoms with Crippen LogP contribution in [0.25, 0.3) is 0 Å². The summed E-state index contributed by atoms with van der Waals surface area (Å²) in [7, 11) is 0. The summed E-state index contributed by atoms with van der Waals surface area (Å²) < 4.78 is 0.779. The van der Waals surface area contributed by atoms with Gasteiger partial charge in [0, 0.05) is 4.47 Å². The summed E-state index contributed by atoms with van der Waals surface area (Å²) in [6, 6.07) is 9.39. The standard InChI is InChI=1S/C16H16BrN3O/c17-13-5-6-14(12(9-13)10-18)20-15(21)16(11-19)7-3-1-2-4-8-16/h5-6,9H,1-4,7-8H2,(H,20,21). The summed E-state index contributed by atoms with van der Waals surface area (Å²) in [4.78, 5) is 12.6. The number of benzene rings is 1. The Kier molecular flexibility index (Phi) is 4.98. The number of nitriles is 2. The van der Waals surface area contributed by atoms with Gasteiger partial charge in [0.05, 0.1) is 17.3 Å². The first kappa shape index (κ1) is 15.5. The number of rotatable bonds is 2. The van der Waals surface area contributed by atoms with Crippen LogP contribution < -0.4 is 5.32 Å². The molecule has 1 aromatic carbocycles. The van der Waals surface area contributed by atoms with Gasteiger partial charge >= 0.3 is 0 Å². The van der Waals surface area contributed by atoms with Gasteiger partial charge in [-0.25, -0.2) is 0 Å².